The number of hydrogen-bond acceptors (Lipinski definition) is 4. The highest BCUT2D eigenvalue weighted by molar-refractivity contribution is 7.93. The zero-order valence-electron chi connectivity index (χ0n) is 15.9. The molecule has 6 heteroatoms. The lowest BCUT2D eigenvalue weighted by Crippen LogP contribution is -2.27. The first kappa shape index (κ1) is 20.7. The average molecular weight is 388 g/mol. The number of carbonyl (C=O) groups is 1. The Hall–Kier alpha value is -2.60. The monoisotopic (exact) mass is 387 g/mol. The molecule has 0 amide bonds. The fraction of sp³-hybridized carbons (Fsp3) is 0.286. The van der Waals surface area contributed by atoms with Gasteiger partial charge in [0, 0.05) is 6.20 Å². The third-order valence-electron chi connectivity index (χ3n) is 4.11. The lowest BCUT2D eigenvalue weighted by molar-refractivity contribution is -0.136. The molecule has 0 atom stereocenters. The van der Waals surface area contributed by atoms with Crippen LogP contribution in [0, 0.1) is 6.92 Å². The Kier molecular flexibility index (Phi) is 7.19. The minimum Gasteiger partial charge on any atom is -0.466 e. The van der Waals surface area contributed by atoms with Crippen molar-refractivity contribution in [1.29, 1.82) is 0 Å². The molecule has 0 saturated carbocycles. The molecule has 144 valence electrons. The van der Waals surface area contributed by atoms with Crippen LogP contribution in [0.5, 0.6) is 0 Å². The number of anilines is 1. The third kappa shape index (κ3) is 5.20. The second-order valence-electron chi connectivity index (χ2n) is 6.20. The number of sulfonamides is 1. The number of para-hydroxylation sites is 1. The summed E-state index contributed by atoms with van der Waals surface area (Å²) in [6.07, 6.45) is 3.46. The molecule has 2 aromatic carbocycles. The predicted octanol–water partition coefficient (Wildman–Crippen LogP) is 4.44. The third-order valence-corrected chi connectivity index (χ3v) is 5.81. The molecule has 2 rings (SSSR count). The summed E-state index contributed by atoms with van der Waals surface area (Å²) in [7, 11) is -2.59. The van der Waals surface area contributed by atoms with Crippen molar-refractivity contribution in [1.82, 2.24) is 0 Å². The van der Waals surface area contributed by atoms with Crippen molar-refractivity contribution in [3.63, 3.8) is 0 Å². The van der Waals surface area contributed by atoms with Gasteiger partial charge in [-0.3, -0.25) is 0 Å². The summed E-state index contributed by atoms with van der Waals surface area (Å²) in [5.74, 6) is -0.525. The topological polar surface area (TPSA) is 63.7 Å². The van der Waals surface area contributed by atoms with E-state index in [0.717, 1.165) is 22.7 Å². The summed E-state index contributed by atoms with van der Waals surface area (Å²) in [6.45, 7) is 3.90. The summed E-state index contributed by atoms with van der Waals surface area (Å²) in [6, 6.07) is 15.3. The van der Waals surface area contributed by atoms with E-state index < -0.39 is 16.0 Å². The van der Waals surface area contributed by atoms with Crippen LogP contribution < -0.4 is 4.31 Å². The van der Waals surface area contributed by atoms with E-state index in [-0.39, 0.29) is 4.90 Å². The number of hydrogen-bond donors (Lipinski definition) is 0. The first-order valence-electron chi connectivity index (χ1n) is 8.85. The summed E-state index contributed by atoms with van der Waals surface area (Å²) in [5.41, 5.74) is 1.74. The Morgan fingerprint density at radius 1 is 1.07 bits per heavy atom. The van der Waals surface area contributed by atoms with E-state index in [0.29, 0.717) is 17.7 Å². The normalized spacial score (nSPS) is 11.9. The molecule has 5 nitrogen and oxygen atoms in total. The Morgan fingerprint density at radius 2 is 1.70 bits per heavy atom. The molecule has 0 aliphatic rings. The number of unbranched alkanes of at least 4 members (excludes halogenated alkanes) is 1. The zero-order chi connectivity index (χ0) is 19.9. The standard InChI is InChI=1S/C21H25NO4S/c1-4-5-9-18(21(23)26-3)16-22(19-10-7-6-8-11-19)27(24,25)20-14-12-17(2)13-15-20/h6-8,10-16H,4-5,9H2,1-3H3/b18-16+. The van der Waals surface area contributed by atoms with Gasteiger partial charge in [0.25, 0.3) is 10.0 Å². The van der Waals surface area contributed by atoms with Gasteiger partial charge in [0.2, 0.25) is 0 Å². The molecular weight excluding hydrogens is 362 g/mol. The Balaban J connectivity index is 2.59. The second kappa shape index (κ2) is 9.37. The van der Waals surface area contributed by atoms with Gasteiger partial charge in [-0.1, -0.05) is 49.2 Å². The molecule has 0 spiro atoms. The van der Waals surface area contributed by atoms with Gasteiger partial charge in [0.15, 0.2) is 0 Å². The van der Waals surface area contributed by atoms with Gasteiger partial charge in [0.05, 0.1) is 23.3 Å². The first-order valence-corrected chi connectivity index (χ1v) is 10.3. The number of rotatable bonds is 8. The Bertz CT molecular complexity index is 888. The fourth-order valence-corrected chi connectivity index (χ4v) is 3.91. The first-order chi connectivity index (χ1) is 12.9. The molecule has 0 fully saturated rings. The molecule has 0 heterocycles. The largest absolute Gasteiger partial charge is 0.466 e. The highest BCUT2D eigenvalue weighted by atomic mass is 32.2. The van der Waals surface area contributed by atoms with Crippen molar-refractivity contribution in [2.24, 2.45) is 0 Å². The van der Waals surface area contributed by atoms with Gasteiger partial charge in [-0.05, 0) is 44.0 Å². The maximum absolute atomic E-state index is 13.3. The number of nitrogens with zero attached hydrogens (tertiary/aromatic N) is 1. The molecule has 27 heavy (non-hydrogen) atoms. The number of methoxy groups -OCH3 is 1. The van der Waals surface area contributed by atoms with E-state index >= 15 is 0 Å². The SMILES string of the molecule is CCCC/C(=C\N(c1ccccc1)S(=O)(=O)c1ccc(C)cc1)C(=O)OC. The van der Waals surface area contributed by atoms with Gasteiger partial charge in [0.1, 0.15) is 0 Å². The minimum absolute atomic E-state index is 0.160. The minimum atomic E-state index is -3.88. The molecular formula is C21H25NO4S. The molecule has 0 aromatic heterocycles. The lowest BCUT2D eigenvalue weighted by atomic mass is 10.1. The Morgan fingerprint density at radius 3 is 2.26 bits per heavy atom. The van der Waals surface area contributed by atoms with Gasteiger partial charge < -0.3 is 4.74 Å². The van der Waals surface area contributed by atoms with E-state index in [1.807, 2.05) is 19.9 Å². The van der Waals surface area contributed by atoms with Crippen LogP contribution in [0.15, 0.2) is 71.3 Å². The highest BCUT2D eigenvalue weighted by Crippen LogP contribution is 2.26. The second-order valence-corrected chi connectivity index (χ2v) is 8.01. The molecule has 0 unspecified atom stereocenters. The Labute approximate surface area is 161 Å². The van der Waals surface area contributed by atoms with E-state index in [9.17, 15) is 13.2 Å². The maximum Gasteiger partial charge on any atom is 0.335 e. The summed E-state index contributed by atoms with van der Waals surface area (Å²) in [5, 5.41) is 0. The van der Waals surface area contributed by atoms with Crippen LogP contribution in [0.1, 0.15) is 31.7 Å². The van der Waals surface area contributed by atoms with Gasteiger partial charge >= 0.3 is 5.97 Å². The average Bonchev–Trinajstić information content (AvgIpc) is 2.68. The van der Waals surface area contributed by atoms with Gasteiger partial charge in [-0.25, -0.2) is 17.5 Å². The van der Waals surface area contributed by atoms with E-state index in [1.165, 1.54) is 13.3 Å². The predicted molar refractivity (Wildman–Crippen MR) is 107 cm³/mol. The fourth-order valence-electron chi connectivity index (χ4n) is 2.54. The van der Waals surface area contributed by atoms with Crippen molar-refractivity contribution >= 4 is 21.7 Å². The molecule has 0 saturated heterocycles. The van der Waals surface area contributed by atoms with Crippen LogP contribution >= 0.6 is 0 Å². The lowest BCUT2D eigenvalue weighted by Gasteiger charge is -2.22. The van der Waals surface area contributed by atoms with Crippen LogP contribution in [0.25, 0.3) is 0 Å². The van der Waals surface area contributed by atoms with Crippen LogP contribution in [0.2, 0.25) is 0 Å². The summed E-state index contributed by atoms with van der Waals surface area (Å²) >= 11 is 0. The quantitative estimate of drug-likeness (QED) is 0.496. The molecule has 0 N–H and O–H groups in total. The molecule has 2 aromatic rings. The number of benzene rings is 2. The molecule has 0 aliphatic carbocycles. The highest BCUT2D eigenvalue weighted by Gasteiger charge is 2.25. The van der Waals surface area contributed by atoms with Gasteiger partial charge in [-0.15, -0.1) is 0 Å². The smallest absolute Gasteiger partial charge is 0.335 e. The van der Waals surface area contributed by atoms with Crippen LogP contribution in [-0.4, -0.2) is 21.5 Å². The number of ether oxygens (including phenoxy) is 1. The van der Waals surface area contributed by atoms with Crippen molar-refractivity contribution < 1.29 is 17.9 Å². The molecule has 0 radical (unpaired) electrons. The van der Waals surface area contributed by atoms with E-state index in [1.54, 1.807) is 48.5 Å². The number of esters is 1. The van der Waals surface area contributed by atoms with Gasteiger partial charge in [-0.2, -0.15) is 0 Å². The summed E-state index contributed by atoms with van der Waals surface area (Å²) < 4.78 is 32.6. The number of carbonyl (C=O) groups excluding carboxylic acids is 1. The van der Waals surface area contributed by atoms with Crippen LogP contribution in [0.3, 0.4) is 0 Å². The number of aryl methyl sites for hydroxylation is 1. The summed E-state index contributed by atoms with van der Waals surface area (Å²) in [4.78, 5) is 12.3. The van der Waals surface area contributed by atoms with Crippen LogP contribution in [-0.2, 0) is 19.6 Å². The zero-order valence-corrected chi connectivity index (χ0v) is 16.7. The van der Waals surface area contributed by atoms with Crippen molar-refractivity contribution in [2.75, 3.05) is 11.4 Å². The molecule has 0 aliphatic heterocycles. The van der Waals surface area contributed by atoms with Crippen molar-refractivity contribution in [2.45, 2.75) is 38.0 Å². The van der Waals surface area contributed by atoms with E-state index in [4.69, 9.17) is 4.74 Å². The molecule has 0 bridgehead atoms. The van der Waals surface area contributed by atoms with Crippen molar-refractivity contribution in [3.8, 4) is 0 Å². The van der Waals surface area contributed by atoms with Crippen LogP contribution in [0.4, 0.5) is 5.69 Å². The van der Waals surface area contributed by atoms with Crippen molar-refractivity contribution in [3.05, 3.63) is 71.9 Å². The maximum atomic E-state index is 13.3. The van der Waals surface area contributed by atoms with E-state index in [2.05, 4.69) is 0 Å².